The van der Waals surface area contributed by atoms with Crippen molar-refractivity contribution >= 4 is 57.4 Å². The zero-order valence-electron chi connectivity index (χ0n) is 6.30. The highest BCUT2D eigenvalue weighted by Crippen LogP contribution is 2.41. The molecule has 0 saturated heterocycles. The van der Waals surface area contributed by atoms with Gasteiger partial charge in [0.25, 0.3) is 0 Å². The molecule has 14 heavy (non-hydrogen) atoms. The van der Waals surface area contributed by atoms with E-state index in [4.69, 9.17) is 46.4 Å². The lowest BCUT2D eigenvalue weighted by molar-refractivity contribution is 0.155. The van der Waals surface area contributed by atoms with Crippen LogP contribution in [-0.2, 0) is 0 Å². The summed E-state index contributed by atoms with van der Waals surface area (Å²) in [6.45, 7) is 0. The van der Waals surface area contributed by atoms with Gasteiger partial charge in [-0.05, 0) is 5.21 Å². The molecule has 0 aliphatic rings. The summed E-state index contributed by atoms with van der Waals surface area (Å²) in [5.74, 6) is 0. The lowest BCUT2D eigenvalue weighted by Crippen LogP contribution is -1.92. The molecule has 2 aromatic rings. The standard InChI is InChI=1S/C6HCl4N3O/c7-1-2(8)4(10)6-5(3(1)9)11-12-13(6)14/h14H. The zero-order chi connectivity index (χ0) is 10.5. The van der Waals surface area contributed by atoms with E-state index in [1.54, 1.807) is 0 Å². The summed E-state index contributed by atoms with van der Waals surface area (Å²) >= 11 is 23.2. The van der Waals surface area contributed by atoms with Crippen molar-refractivity contribution in [3.63, 3.8) is 0 Å². The van der Waals surface area contributed by atoms with E-state index in [9.17, 15) is 5.21 Å². The molecule has 4 nitrogen and oxygen atoms in total. The topological polar surface area (TPSA) is 50.9 Å². The van der Waals surface area contributed by atoms with E-state index < -0.39 is 0 Å². The number of halogens is 4. The summed E-state index contributed by atoms with van der Waals surface area (Å²) in [5, 5.41) is 16.5. The van der Waals surface area contributed by atoms with Crippen LogP contribution < -0.4 is 0 Å². The molecule has 0 aliphatic carbocycles. The number of hydrogen-bond acceptors (Lipinski definition) is 3. The average Bonchev–Trinajstić information content (AvgIpc) is 2.54. The van der Waals surface area contributed by atoms with Crippen LogP contribution in [-0.4, -0.2) is 20.4 Å². The smallest absolute Gasteiger partial charge is 0.152 e. The molecule has 0 spiro atoms. The Morgan fingerprint density at radius 3 is 2.14 bits per heavy atom. The Kier molecular flexibility index (Phi) is 2.39. The highest BCUT2D eigenvalue weighted by atomic mass is 35.5. The molecular weight excluding hydrogens is 272 g/mol. The Balaban J connectivity index is 3.05. The highest BCUT2D eigenvalue weighted by Gasteiger charge is 2.19. The van der Waals surface area contributed by atoms with Crippen molar-refractivity contribution in [2.24, 2.45) is 0 Å². The van der Waals surface area contributed by atoms with Gasteiger partial charge in [-0.2, -0.15) is 0 Å². The van der Waals surface area contributed by atoms with Crippen LogP contribution in [0.5, 0.6) is 0 Å². The first-order chi connectivity index (χ1) is 6.54. The van der Waals surface area contributed by atoms with E-state index in [0.717, 1.165) is 0 Å². The molecule has 74 valence electrons. The van der Waals surface area contributed by atoms with E-state index in [0.29, 0.717) is 4.85 Å². The van der Waals surface area contributed by atoms with Crippen molar-refractivity contribution in [2.45, 2.75) is 0 Å². The first kappa shape index (κ1) is 10.1. The molecule has 0 unspecified atom stereocenters. The van der Waals surface area contributed by atoms with Gasteiger partial charge in [0, 0.05) is 0 Å². The Labute approximate surface area is 97.9 Å². The summed E-state index contributed by atoms with van der Waals surface area (Å²) < 4.78 is 0. The second-order valence-electron chi connectivity index (χ2n) is 2.43. The number of benzene rings is 1. The fourth-order valence-corrected chi connectivity index (χ4v) is 1.96. The van der Waals surface area contributed by atoms with Gasteiger partial charge >= 0.3 is 0 Å². The first-order valence-electron chi connectivity index (χ1n) is 3.30. The predicted molar refractivity (Wildman–Crippen MR) is 54.8 cm³/mol. The van der Waals surface area contributed by atoms with Gasteiger partial charge in [-0.3, -0.25) is 0 Å². The molecular formula is C6HCl4N3O. The van der Waals surface area contributed by atoms with Crippen LogP contribution in [0.1, 0.15) is 0 Å². The normalized spacial score (nSPS) is 11.1. The van der Waals surface area contributed by atoms with Crippen LogP contribution in [0.2, 0.25) is 20.1 Å². The highest BCUT2D eigenvalue weighted by molar-refractivity contribution is 6.54. The fourth-order valence-electron chi connectivity index (χ4n) is 1.01. The van der Waals surface area contributed by atoms with E-state index in [-0.39, 0.29) is 31.1 Å². The van der Waals surface area contributed by atoms with Crippen LogP contribution >= 0.6 is 46.4 Å². The molecule has 8 heteroatoms. The van der Waals surface area contributed by atoms with Gasteiger partial charge in [0.1, 0.15) is 5.52 Å². The van der Waals surface area contributed by atoms with Crippen LogP contribution in [0.4, 0.5) is 0 Å². The number of fused-ring (bicyclic) bond motifs is 1. The molecule has 1 aromatic heterocycles. The maximum atomic E-state index is 9.23. The summed E-state index contributed by atoms with van der Waals surface area (Å²) in [5.41, 5.74) is 0.333. The summed E-state index contributed by atoms with van der Waals surface area (Å²) in [6.07, 6.45) is 0. The van der Waals surface area contributed by atoms with Crippen molar-refractivity contribution < 1.29 is 5.21 Å². The van der Waals surface area contributed by atoms with Crippen LogP contribution in [0.25, 0.3) is 11.0 Å². The Hall–Kier alpha value is -0.420. The third-order valence-electron chi connectivity index (χ3n) is 1.65. The van der Waals surface area contributed by atoms with Gasteiger partial charge in [0.15, 0.2) is 5.52 Å². The summed E-state index contributed by atoms with van der Waals surface area (Å²) in [4.78, 5) is 0.492. The molecule has 0 aliphatic heterocycles. The Morgan fingerprint density at radius 2 is 1.50 bits per heavy atom. The second-order valence-corrected chi connectivity index (χ2v) is 3.94. The van der Waals surface area contributed by atoms with Gasteiger partial charge < -0.3 is 5.21 Å². The predicted octanol–water partition coefficient (Wildman–Crippen LogP) is 3.28. The van der Waals surface area contributed by atoms with Crippen molar-refractivity contribution in [2.75, 3.05) is 0 Å². The van der Waals surface area contributed by atoms with E-state index in [1.165, 1.54) is 0 Å². The van der Waals surface area contributed by atoms with E-state index in [2.05, 4.69) is 10.3 Å². The molecule has 1 aromatic carbocycles. The molecule has 0 amide bonds. The molecule has 0 saturated carbocycles. The minimum atomic E-state index is 0.0587. The van der Waals surface area contributed by atoms with E-state index >= 15 is 0 Å². The quantitative estimate of drug-likeness (QED) is 0.455. The van der Waals surface area contributed by atoms with Gasteiger partial charge in [0.05, 0.1) is 20.1 Å². The van der Waals surface area contributed by atoms with Gasteiger partial charge in [0.2, 0.25) is 0 Å². The number of nitrogens with zero attached hydrogens (tertiary/aromatic N) is 3. The molecule has 0 fully saturated rings. The second kappa shape index (κ2) is 3.31. The SMILES string of the molecule is On1nnc2c(Cl)c(Cl)c(Cl)c(Cl)c21. The molecule has 1 N–H and O–H groups in total. The third-order valence-corrected chi connectivity index (χ3v) is 3.43. The van der Waals surface area contributed by atoms with Crippen molar-refractivity contribution in [1.82, 2.24) is 15.2 Å². The maximum Gasteiger partial charge on any atom is 0.152 e. The molecule has 0 atom stereocenters. The number of aromatic nitrogens is 3. The Morgan fingerprint density at radius 1 is 0.929 bits per heavy atom. The van der Waals surface area contributed by atoms with Crippen LogP contribution in [0.3, 0.4) is 0 Å². The lowest BCUT2D eigenvalue weighted by Gasteiger charge is -2.02. The number of hydrogen-bond donors (Lipinski definition) is 1. The molecule has 0 radical (unpaired) electrons. The lowest BCUT2D eigenvalue weighted by atomic mass is 10.3. The van der Waals surface area contributed by atoms with Crippen molar-refractivity contribution in [1.29, 1.82) is 0 Å². The van der Waals surface area contributed by atoms with E-state index in [1.807, 2.05) is 0 Å². The number of rotatable bonds is 0. The van der Waals surface area contributed by atoms with Crippen LogP contribution in [0.15, 0.2) is 0 Å². The van der Waals surface area contributed by atoms with Gasteiger partial charge in [-0.1, -0.05) is 51.2 Å². The minimum Gasteiger partial charge on any atom is -0.410 e. The van der Waals surface area contributed by atoms with Crippen LogP contribution in [0, 0.1) is 0 Å². The maximum absolute atomic E-state index is 9.23. The van der Waals surface area contributed by atoms with Crippen molar-refractivity contribution in [3.8, 4) is 0 Å². The Bertz CT molecular complexity index is 524. The third kappa shape index (κ3) is 1.22. The minimum absolute atomic E-state index is 0.0587. The first-order valence-corrected chi connectivity index (χ1v) is 4.82. The summed E-state index contributed by atoms with van der Waals surface area (Å²) in [7, 11) is 0. The largest absolute Gasteiger partial charge is 0.410 e. The van der Waals surface area contributed by atoms with Gasteiger partial charge in [-0.15, -0.1) is 5.10 Å². The molecule has 0 bridgehead atoms. The molecule has 1 heterocycles. The monoisotopic (exact) mass is 271 g/mol. The summed E-state index contributed by atoms with van der Waals surface area (Å²) in [6, 6.07) is 0. The average molecular weight is 273 g/mol. The molecule has 2 rings (SSSR count). The van der Waals surface area contributed by atoms with Gasteiger partial charge in [-0.25, -0.2) is 0 Å². The zero-order valence-corrected chi connectivity index (χ0v) is 9.32. The van der Waals surface area contributed by atoms with Crippen molar-refractivity contribution in [3.05, 3.63) is 20.1 Å². The fraction of sp³-hybridized carbons (Fsp3) is 0.